The normalized spacial score (nSPS) is 22.1. The summed E-state index contributed by atoms with van der Waals surface area (Å²) >= 11 is 3.22. The number of aromatic amines is 1. The van der Waals surface area contributed by atoms with E-state index in [0.717, 1.165) is 0 Å². The van der Waals surface area contributed by atoms with Crippen LogP contribution in [0.3, 0.4) is 0 Å². The molecule has 0 bridgehead atoms. The van der Waals surface area contributed by atoms with Crippen LogP contribution in [0.15, 0.2) is 51.9 Å². The van der Waals surface area contributed by atoms with Crippen molar-refractivity contribution < 1.29 is 19.3 Å². The predicted octanol–water partition coefficient (Wildman–Crippen LogP) is 2.21. The third kappa shape index (κ3) is 3.98. The molecule has 0 amide bonds. The first-order valence-corrected chi connectivity index (χ1v) is 9.86. The first-order chi connectivity index (χ1) is 13.9. The Hall–Kier alpha value is -2.49. The molecule has 0 aliphatic carbocycles. The molecular formula is C20H19BrFN3O4. The number of hydrogen-bond donors (Lipinski definition) is 3. The molecule has 0 unspecified atom stereocenters. The number of nitrogens with one attached hydrogen (secondary N) is 1. The van der Waals surface area contributed by atoms with Gasteiger partial charge in [0.15, 0.2) is 0 Å². The average Bonchev–Trinajstić information content (AvgIpc) is 2.69. The number of β-amino-alcohol motifs (C(OH)–C–C–N with tert-alkyl or cyclic N) is 1. The van der Waals surface area contributed by atoms with Gasteiger partial charge in [-0.1, -0.05) is 22.0 Å². The zero-order valence-electron chi connectivity index (χ0n) is 15.3. The molecule has 3 aromatic rings. The second-order valence-electron chi connectivity index (χ2n) is 7.10. The molecule has 1 fully saturated rings. The lowest BCUT2D eigenvalue weighted by atomic mass is 9.89. The summed E-state index contributed by atoms with van der Waals surface area (Å²) in [6.45, 7) is 0.233. The van der Waals surface area contributed by atoms with E-state index in [1.54, 1.807) is 35.2 Å². The molecule has 1 saturated heterocycles. The lowest BCUT2D eigenvalue weighted by molar-refractivity contribution is -0.108. The van der Waals surface area contributed by atoms with Gasteiger partial charge in [-0.05, 0) is 36.8 Å². The van der Waals surface area contributed by atoms with Gasteiger partial charge in [0, 0.05) is 17.6 Å². The highest BCUT2D eigenvalue weighted by atomic mass is 79.9. The fraction of sp³-hybridized carbons (Fsp3) is 0.300. The first kappa shape index (κ1) is 19.8. The first-order valence-electron chi connectivity index (χ1n) is 9.07. The number of aliphatic hydroxyl groups is 2. The summed E-state index contributed by atoms with van der Waals surface area (Å²) < 4.78 is 20.6. The van der Waals surface area contributed by atoms with E-state index in [1.165, 1.54) is 12.3 Å². The van der Waals surface area contributed by atoms with Crippen molar-refractivity contribution in [1.29, 1.82) is 0 Å². The number of aromatic nitrogens is 2. The molecule has 7 nitrogen and oxygen atoms in total. The SMILES string of the molecule is O=c1cnc2cccc(OC[C@]3(O)CCN(c4ccc(Br)cc4F)C[C@H]3O)c2[nH]1. The summed E-state index contributed by atoms with van der Waals surface area (Å²) in [5, 5.41) is 21.5. The predicted molar refractivity (Wildman–Crippen MR) is 110 cm³/mol. The Kier molecular flexibility index (Phi) is 5.28. The number of rotatable bonds is 4. The number of ether oxygens (including phenoxy) is 1. The molecule has 9 heteroatoms. The van der Waals surface area contributed by atoms with Gasteiger partial charge in [0.1, 0.15) is 35.4 Å². The van der Waals surface area contributed by atoms with Gasteiger partial charge in [-0.25, -0.2) is 9.37 Å². The lowest BCUT2D eigenvalue weighted by Gasteiger charge is -2.42. The minimum atomic E-state index is -1.51. The molecule has 2 aromatic carbocycles. The molecule has 1 aliphatic heterocycles. The van der Waals surface area contributed by atoms with Crippen LogP contribution in [0, 0.1) is 5.82 Å². The minimum Gasteiger partial charge on any atom is -0.488 e. The third-order valence-corrected chi connectivity index (χ3v) is 5.62. The topological polar surface area (TPSA) is 98.7 Å². The fourth-order valence-electron chi connectivity index (χ4n) is 3.45. The van der Waals surface area contributed by atoms with Crippen molar-refractivity contribution in [2.24, 2.45) is 0 Å². The zero-order chi connectivity index (χ0) is 20.6. The lowest BCUT2D eigenvalue weighted by Crippen LogP contribution is -2.58. The third-order valence-electron chi connectivity index (χ3n) is 5.13. The maximum atomic E-state index is 14.2. The van der Waals surface area contributed by atoms with Crippen molar-refractivity contribution in [1.82, 2.24) is 9.97 Å². The molecule has 0 spiro atoms. The second-order valence-corrected chi connectivity index (χ2v) is 8.01. The Labute approximate surface area is 173 Å². The smallest absolute Gasteiger partial charge is 0.266 e. The second kappa shape index (κ2) is 7.74. The molecule has 0 radical (unpaired) electrons. The number of anilines is 1. The molecule has 2 heterocycles. The van der Waals surface area contributed by atoms with Crippen LogP contribution in [0.2, 0.25) is 0 Å². The van der Waals surface area contributed by atoms with E-state index in [1.807, 2.05) is 0 Å². The number of benzene rings is 2. The van der Waals surface area contributed by atoms with Gasteiger partial charge in [-0.15, -0.1) is 0 Å². The molecular weight excluding hydrogens is 445 g/mol. The summed E-state index contributed by atoms with van der Waals surface area (Å²) in [5.74, 6) is -0.0461. The number of para-hydroxylation sites is 1. The largest absolute Gasteiger partial charge is 0.488 e. The van der Waals surface area contributed by atoms with Crippen LogP contribution >= 0.6 is 15.9 Å². The number of fused-ring (bicyclic) bond motifs is 1. The summed E-state index contributed by atoms with van der Waals surface area (Å²) in [4.78, 5) is 20.0. The van der Waals surface area contributed by atoms with Crippen molar-refractivity contribution in [3.8, 4) is 5.75 Å². The van der Waals surface area contributed by atoms with Crippen molar-refractivity contribution in [3.05, 3.63) is 63.2 Å². The summed E-state index contributed by atoms with van der Waals surface area (Å²) in [7, 11) is 0. The highest BCUT2D eigenvalue weighted by Crippen LogP contribution is 2.31. The summed E-state index contributed by atoms with van der Waals surface area (Å²) in [6, 6.07) is 9.83. The van der Waals surface area contributed by atoms with E-state index in [2.05, 4.69) is 25.9 Å². The van der Waals surface area contributed by atoms with Gasteiger partial charge in [-0.3, -0.25) is 4.79 Å². The molecule has 0 saturated carbocycles. The monoisotopic (exact) mass is 463 g/mol. The fourth-order valence-corrected chi connectivity index (χ4v) is 3.78. The Morgan fingerprint density at radius 1 is 1.38 bits per heavy atom. The van der Waals surface area contributed by atoms with Gasteiger partial charge >= 0.3 is 0 Å². The van der Waals surface area contributed by atoms with Gasteiger partial charge in [0.2, 0.25) is 0 Å². The number of aliphatic hydroxyl groups excluding tert-OH is 1. The summed E-state index contributed by atoms with van der Waals surface area (Å²) in [6.07, 6.45) is 0.218. The number of nitrogens with zero attached hydrogens (tertiary/aromatic N) is 2. The molecule has 2 atom stereocenters. The number of halogens is 2. The number of piperidine rings is 1. The van der Waals surface area contributed by atoms with Crippen LogP contribution in [0.5, 0.6) is 5.75 Å². The van der Waals surface area contributed by atoms with Crippen LogP contribution in [0.4, 0.5) is 10.1 Å². The maximum Gasteiger partial charge on any atom is 0.266 e. The Morgan fingerprint density at radius 2 is 2.21 bits per heavy atom. The maximum absolute atomic E-state index is 14.2. The molecule has 4 rings (SSSR count). The van der Waals surface area contributed by atoms with Gasteiger partial charge in [0.25, 0.3) is 5.56 Å². The number of H-pyrrole nitrogens is 1. The van der Waals surface area contributed by atoms with E-state index in [-0.39, 0.29) is 25.1 Å². The zero-order valence-corrected chi connectivity index (χ0v) is 16.9. The molecule has 3 N–H and O–H groups in total. The van der Waals surface area contributed by atoms with Gasteiger partial charge in [0.05, 0.1) is 17.4 Å². The van der Waals surface area contributed by atoms with E-state index < -0.39 is 17.5 Å². The van der Waals surface area contributed by atoms with Crippen LogP contribution in [-0.2, 0) is 0 Å². The van der Waals surface area contributed by atoms with Gasteiger partial charge in [-0.2, -0.15) is 0 Å². The molecule has 1 aromatic heterocycles. The van der Waals surface area contributed by atoms with Crippen LogP contribution < -0.4 is 15.2 Å². The quantitative estimate of drug-likeness (QED) is 0.548. The van der Waals surface area contributed by atoms with E-state index in [4.69, 9.17) is 4.74 Å². The minimum absolute atomic E-state index is 0.0618. The van der Waals surface area contributed by atoms with Crippen molar-refractivity contribution in [2.45, 2.75) is 18.1 Å². The van der Waals surface area contributed by atoms with E-state index in [9.17, 15) is 19.4 Å². The van der Waals surface area contributed by atoms with Crippen LogP contribution in [0.1, 0.15) is 6.42 Å². The van der Waals surface area contributed by atoms with Crippen molar-refractivity contribution in [2.75, 3.05) is 24.6 Å². The van der Waals surface area contributed by atoms with Crippen molar-refractivity contribution >= 4 is 32.7 Å². The van der Waals surface area contributed by atoms with Crippen molar-refractivity contribution in [3.63, 3.8) is 0 Å². The Bertz CT molecular complexity index is 1110. The molecule has 29 heavy (non-hydrogen) atoms. The average molecular weight is 464 g/mol. The van der Waals surface area contributed by atoms with E-state index >= 15 is 0 Å². The highest BCUT2D eigenvalue weighted by Gasteiger charge is 2.42. The van der Waals surface area contributed by atoms with Crippen LogP contribution in [0.25, 0.3) is 11.0 Å². The highest BCUT2D eigenvalue weighted by molar-refractivity contribution is 9.10. The van der Waals surface area contributed by atoms with Gasteiger partial charge < -0.3 is 24.8 Å². The summed E-state index contributed by atoms with van der Waals surface area (Å²) in [5.41, 5.74) is -0.528. The van der Waals surface area contributed by atoms with E-state index in [0.29, 0.717) is 33.5 Å². The molecule has 152 valence electrons. The molecule has 1 aliphatic rings. The Balaban J connectivity index is 1.49. The van der Waals surface area contributed by atoms with Crippen LogP contribution in [-0.4, -0.2) is 51.6 Å². The Morgan fingerprint density at radius 3 is 2.97 bits per heavy atom. The number of hydrogen-bond acceptors (Lipinski definition) is 6. The standard InChI is InChI=1S/C20H19BrFN3O4/c21-12-4-5-15(13(22)8-12)25-7-6-20(28,17(26)10-25)11-29-16-3-1-2-14-19(16)24-18(27)9-23-14/h1-5,8-9,17,26,28H,6-7,10-11H2,(H,24,27)/t17-,20-/m1/s1.